The van der Waals surface area contributed by atoms with Crippen LogP contribution in [0.5, 0.6) is 0 Å². The number of hydrogen-bond donors (Lipinski definition) is 14. The summed E-state index contributed by atoms with van der Waals surface area (Å²) in [4.78, 5) is 164. The summed E-state index contributed by atoms with van der Waals surface area (Å²) in [7, 11) is -4.97. The monoisotopic (exact) mass is 1010 g/mol. The number of hydrogen-bond acceptors (Lipinski definition) is 16. The molecular weight excluding hydrogens is 935 g/mol. The molecule has 9 amide bonds. The van der Waals surface area contributed by atoms with Crippen molar-refractivity contribution in [3.8, 4) is 0 Å². The van der Waals surface area contributed by atoms with Crippen LogP contribution in [0, 0.1) is 11.8 Å². The van der Waals surface area contributed by atoms with Crippen LogP contribution in [0.1, 0.15) is 99.3 Å². The zero-order chi connectivity index (χ0) is 52.5. The van der Waals surface area contributed by atoms with Gasteiger partial charge in [0.2, 0.25) is 47.3 Å². The zero-order valence-corrected chi connectivity index (χ0v) is 40.8. The first kappa shape index (κ1) is 60.0. The number of rotatable bonds is 28. The summed E-state index contributed by atoms with van der Waals surface area (Å²) >= 11 is 0. The Bertz CT molecular complexity index is 1840. The molecule has 0 aliphatic carbocycles. The lowest BCUT2D eigenvalue weighted by atomic mass is 9.96. The molecule has 0 spiro atoms. The van der Waals surface area contributed by atoms with Crippen molar-refractivity contribution in [2.75, 3.05) is 26.3 Å². The number of aliphatic hydroxyl groups is 2. The zero-order valence-electron chi connectivity index (χ0n) is 39.9. The predicted octanol–water partition coefficient (Wildman–Crippen LogP) is -5.62. The lowest BCUT2D eigenvalue weighted by Crippen LogP contribution is -2.70. The highest BCUT2D eigenvalue weighted by Crippen LogP contribution is 2.45. The van der Waals surface area contributed by atoms with Gasteiger partial charge >= 0.3 is 14.1 Å². The van der Waals surface area contributed by atoms with Crippen LogP contribution in [0.4, 0.5) is 0 Å². The van der Waals surface area contributed by atoms with E-state index in [0.29, 0.717) is 12.8 Å². The Kier molecular flexibility index (Phi) is 24.2. The minimum Gasteiger partial charge on any atom is -0.480 e. The normalized spacial score (nSPS) is 20.0. The van der Waals surface area contributed by atoms with Crippen molar-refractivity contribution in [2.45, 2.75) is 160 Å². The molecule has 17 N–H and O–H groups in total. The first-order valence-electron chi connectivity index (χ1n) is 23.0. The molecule has 2 rings (SSSR count). The Morgan fingerprint density at radius 2 is 1.20 bits per heavy atom. The summed E-state index contributed by atoms with van der Waals surface area (Å²) in [5.74, 6) is -10.6. The molecule has 0 radical (unpaired) electrons. The standard InChI is InChI=1S/C41H71N10O17P/c1-7-11-24(41(63)64)44-38(60)32(22(6)53)49-37(59)31(21(5)8-2)48-33(55)25(17-30(43)54)45-35(57)29-13-10-15-51(29)40(62)26(16-20(3)4)46-34(56)27(19-68-69(65,66)67)47-36(58)28-12-9-14-50(28)39(61)23(42)18-52/h20-29,31-32,52-53,65-67H,7-19,42H2,1-6H3,(H8-,43,44,45,46,47,48,49,54,55,56,57,58,59,60,63,64)/p+2/t21-,22+,23-,24-,25-,26-,27-,28-,29-,31-,32-/m0/s1. The Balaban J connectivity index is 2.35. The first-order valence-corrected chi connectivity index (χ1v) is 24.5. The van der Waals surface area contributed by atoms with Crippen molar-refractivity contribution in [3.63, 3.8) is 0 Å². The van der Waals surface area contributed by atoms with E-state index in [1.807, 2.05) is 0 Å². The van der Waals surface area contributed by atoms with Gasteiger partial charge in [0.15, 0.2) is 6.04 Å². The van der Waals surface area contributed by atoms with Crippen molar-refractivity contribution >= 4 is 67.3 Å². The SMILES string of the molecule is CCC[C@H](NC(=O)[C@@H](NC(=O)[C@@H](NC(=O)[C@H](CC(N)=O)NC(=O)[C@@H]1CCCN1C(=O)[C@H](CC(C)C)NC(=O)[C@H](CO[P+](O)(O)O)NC(=O)[C@@H]1CCCN1C(=O)[C@@H]([NH3+])CO)[C@@H](C)CC)[C@@H](C)O)C(=O)O. The molecule has 2 aliphatic heterocycles. The first-order chi connectivity index (χ1) is 32.2. The van der Waals surface area contributed by atoms with Crippen molar-refractivity contribution in [3.05, 3.63) is 0 Å². The number of carbonyl (C=O) groups excluding carboxylic acids is 9. The van der Waals surface area contributed by atoms with Crippen LogP contribution in [0.25, 0.3) is 0 Å². The largest absolute Gasteiger partial charge is 0.567 e. The fourth-order valence-corrected chi connectivity index (χ4v) is 8.15. The number of aliphatic hydroxyl groups excluding tert-OH is 2. The van der Waals surface area contributed by atoms with Gasteiger partial charge in [-0.3, -0.25) is 43.2 Å². The topological polar surface area (TPSA) is 434 Å². The van der Waals surface area contributed by atoms with E-state index >= 15 is 0 Å². The third-order valence-corrected chi connectivity index (χ3v) is 12.2. The summed E-state index contributed by atoms with van der Waals surface area (Å²) in [5, 5.41) is 43.8. The molecule has 27 nitrogen and oxygen atoms in total. The molecule has 0 unspecified atom stereocenters. The lowest BCUT2D eigenvalue weighted by Gasteiger charge is -2.32. The number of aliphatic carboxylic acids is 1. The number of likely N-dealkylation sites (tertiary alicyclic amines) is 2. The van der Waals surface area contributed by atoms with E-state index in [1.165, 1.54) is 11.8 Å². The quantitative estimate of drug-likeness (QED) is 0.0325. The molecular formula is C41H73N10O17P+2. The van der Waals surface area contributed by atoms with E-state index in [-0.39, 0.29) is 57.5 Å². The van der Waals surface area contributed by atoms with Gasteiger partial charge in [-0.05, 0) is 57.3 Å². The number of carbonyl (C=O) groups is 10. The summed E-state index contributed by atoms with van der Waals surface area (Å²) in [6.07, 6.45) is -0.744. The highest BCUT2D eigenvalue weighted by molar-refractivity contribution is 7.53. The molecule has 0 bridgehead atoms. The highest BCUT2D eigenvalue weighted by atomic mass is 31.2. The Morgan fingerprint density at radius 3 is 1.67 bits per heavy atom. The Labute approximate surface area is 400 Å². The van der Waals surface area contributed by atoms with Crippen LogP contribution in [-0.2, 0) is 52.5 Å². The Morgan fingerprint density at radius 1 is 0.710 bits per heavy atom. The number of nitrogens with one attached hydrogen (secondary N) is 6. The molecule has 2 saturated heterocycles. The van der Waals surface area contributed by atoms with E-state index in [0.717, 1.165) is 4.90 Å². The molecule has 0 aromatic heterocycles. The molecule has 0 aromatic carbocycles. The van der Waals surface area contributed by atoms with E-state index in [1.54, 1.807) is 34.6 Å². The van der Waals surface area contributed by atoms with Gasteiger partial charge in [-0.15, -0.1) is 0 Å². The summed E-state index contributed by atoms with van der Waals surface area (Å²) in [6.45, 7) is 8.11. The van der Waals surface area contributed by atoms with Gasteiger partial charge < -0.3 is 68.5 Å². The van der Waals surface area contributed by atoms with Gasteiger partial charge in [0.05, 0.1) is 12.5 Å². The maximum atomic E-state index is 14.3. The van der Waals surface area contributed by atoms with E-state index in [9.17, 15) is 77.9 Å². The van der Waals surface area contributed by atoms with Gasteiger partial charge in [0.1, 0.15) is 61.5 Å². The molecule has 0 saturated carbocycles. The van der Waals surface area contributed by atoms with Crippen LogP contribution in [0.2, 0.25) is 0 Å². The molecule has 392 valence electrons. The van der Waals surface area contributed by atoms with Gasteiger partial charge in [-0.25, -0.2) is 4.79 Å². The maximum absolute atomic E-state index is 14.3. The number of quaternary nitrogens is 1. The van der Waals surface area contributed by atoms with Crippen LogP contribution in [-0.4, -0.2) is 186 Å². The average Bonchev–Trinajstić information content (AvgIpc) is 3.97. The summed E-state index contributed by atoms with van der Waals surface area (Å²) in [6, 6.07) is -12.8. The van der Waals surface area contributed by atoms with Crippen molar-refractivity contribution in [1.29, 1.82) is 0 Å². The third kappa shape index (κ3) is 18.6. The van der Waals surface area contributed by atoms with Crippen molar-refractivity contribution < 1.29 is 88.2 Å². The molecule has 0 aromatic rings. The molecule has 2 aliphatic rings. The van der Waals surface area contributed by atoms with Crippen LogP contribution in [0.15, 0.2) is 0 Å². The smallest absolute Gasteiger partial charge is 0.480 e. The Hall–Kier alpha value is -5.15. The molecule has 28 heteroatoms. The molecule has 2 fully saturated rings. The van der Waals surface area contributed by atoms with Crippen molar-refractivity contribution in [2.24, 2.45) is 17.6 Å². The second-order valence-electron chi connectivity index (χ2n) is 17.8. The van der Waals surface area contributed by atoms with E-state index in [2.05, 4.69) is 42.2 Å². The van der Waals surface area contributed by atoms with Crippen LogP contribution < -0.4 is 43.4 Å². The molecule has 2 heterocycles. The minimum absolute atomic E-state index is 0.0174. The average molecular weight is 1010 g/mol. The maximum Gasteiger partial charge on any atom is 0.567 e. The summed E-state index contributed by atoms with van der Waals surface area (Å²) < 4.78 is 4.68. The van der Waals surface area contributed by atoms with Crippen LogP contribution in [0.3, 0.4) is 0 Å². The van der Waals surface area contributed by atoms with E-state index < -0.39 is 153 Å². The number of nitrogens with two attached hydrogens (primary N) is 1. The van der Waals surface area contributed by atoms with Gasteiger partial charge in [0, 0.05) is 13.1 Å². The fourth-order valence-electron chi connectivity index (χ4n) is 7.80. The van der Waals surface area contributed by atoms with Crippen LogP contribution >= 0.6 is 8.17 Å². The van der Waals surface area contributed by atoms with Gasteiger partial charge in [0.25, 0.3) is 5.91 Å². The third-order valence-electron chi connectivity index (χ3n) is 11.7. The second kappa shape index (κ2) is 27.9. The molecule has 69 heavy (non-hydrogen) atoms. The van der Waals surface area contributed by atoms with Crippen molar-refractivity contribution in [1.82, 2.24) is 41.7 Å². The highest BCUT2D eigenvalue weighted by Gasteiger charge is 2.44. The number of nitrogens with zero attached hydrogens (tertiary/aromatic N) is 2. The fraction of sp³-hybridized carbons (Fsp3) is 0.756. The number of amides is 9. The number of carboxylic acid groups (broad SMARTS) is 1. The van der Waals surface area contributed by atoms with Gasteiger partial charge in [-0.1, -0.05) is 47.5 Å². The lowest BCUT2D eigenvalue weighted by molar-refractivity contribution is -0.411. The van der Waals surface area contributed by atoms with Gasteiger partial charge in [-0.2, -0.15) is 19.2 Å². The molecule has 11 atom stereocenters. The number of carboxylic acids is 1. The van der Waals surface area contributed by atoms with E-state index in [4.69, 9.17) is 5.73 Å². The minimum atomic E-state index is -4.97. The summed E-state index contributed by atoms with van der Waals surface area (Å²) in [5.41, 5.74) is 9.03. The second-order valence-corrected chi connectivity index (χ2v) is 19.1. The number of primary amides is 1. The predicted molar refractivity (Wildman–Crippen MR) is 241 cm³/mol.